The molecular weight excluding hydrogens is 702 g/mol. The van der Waals surface area contributed by atoms with Gasteiger partial charge in [0, 0.05) is 53.7 Å². The first-order chi connectivity index (χ1) is 26.2. The van der Waals surface area contributed by atoms with Gasteiger partial charge in [0.05, 0.1) is 63.8 Å². The summed E-state index contributed by atoms with van der Waals surface area (Å²) in [4.78, 5) is 68.0. The number of ketones is 1. The first-order valence-electron chi connectivity index (χ1n) is 17.2. The summed E-state index contributed by atoms with van der Waals surface area (Å²) in [6.45, 7) is 2.44. The molecular formula is C35H43N11O8. The smallest absolute Gasteiger partial charge is 0.305 e. The largest absolute Gasteiger partial charge is 0.481 e. The van der Waals surface area contributed by atoms with Crippen molar-refractivity contribution in [3.05, 3.63) is 98.7 Å². The third-order valence-corrected chi connectivity index (χ3v) is 7.90. The molecule has 1 aliphatic heterocycles. The van der Waals surface area contributed by atoms with Crippen LogP contribution in [0.1, 0.15) is 41.7 Å². The number of allylic oxidation sites excluding steroid dienone is 5. The first kappa shape index (κ1) is 40.6. The van der Waals surface area contributed by atoms with Crippen LogP contribution in [0.25, 0.3) is 21.6 Å². The maximum atomic E-state index is 13.6. The number of anilines is 2. The number of nitrogen functional groups attached to an aromatic ring is 1. The van der Waals surface area contributed by atoms with Crippen molar-refractivity contribution in [1.82, 2.24) is 30.6 Å². The van der Waals surface area contributed by atoms with E-state index in [1.165, 1.54) is 6.20 Å². The standard InChI is InChI=1S/C35H43N11O8/c36-35-44-32-31(34(51)45-35)42-26(22-40-32)21-39-24-7-5-23(6-8-24)33(50)43-25(20-30(48)49)9-10-29(47)27(28-4-2-1-3-12-38-28)11-14-52-16-18-54-19-17-53-15-13-41-46-37/h1-8,12,22,25,27,38-39H,9-11,13-21H2,(H,43,50)(H,48,49)(H3,36,40,44,45,51). The van der Waals surface area contributed by atoms with Crippen LogP contribution in [-0.2, 0) is 30.3 Å². The predicted octanol–water partition coefficient (Wildman–Crippen LogP) is 2.75. The van der Waals surface area contributed by atoms with Gasteiger partial charge in [0.15, 0.2) is 11.2 Å². The number of hydrogen-bond acceptors (Lipinski definition) is 14. The van der Waals surface area contributed by atoms with Crippen molar-refractivity contribution < 1.29 is 33.7 Å². The Morgan fingerprint density at radius 3 is 2.46 bits per heavy atom. The Morgan fingerprint density at radius 1 is 0.981 bits per heavy atom. The molecule has 19 nitrogen and oxygen atoms in total. The van der Waals surface area contributed by atoms with E-state index in [-0.39, 0.29) is 61.9 Å². The van der Waals surface area contributed by atoms with E-state index in [4.69, 9.17) is 25.5 Å². The molecule has 19 heteroatoms. The highest BCUT2D eigenvalue weighted by atomic mass is 16.5. The van der Waals surface area contributed by atoms with E-state index in [0.29, 0.717) is 62.1 Å². The highest BCUT2D eigenvalue weighted by molar-refractivity contribution is 5.95. The van der Waals surface area contributed by atoms with Gasteiger partial charge in [-0.15, -0.1) is 0 Å². The highest BCUT2D eigenvalue weighted by Crippen LogP contribution is 2.20. The fraction of sp³-hybridized carbons (Fsp3) is 0.400. The zero-order chi connectivity index (χ0) is 38.5. The molecule has 4 rings (SSSR count). The number of fused-ring (bicyclic) bond motifs is 1. The molecule has 0 bridgehead atoms. The Morgan fingerprint density at radius 2 is 1.72 bits per heavy atom. The average molecular weight is 746 g/mol. The lowest BCUT2D eigenvalue weighted by Gasteiger charge is -2.21. The van der Waals surface area contributed by atoms with Crippen molar-refractivity contribution >= 4 is 40.5 Å². The van der Waals surface area contributed by atoms with Gasteiger partial charge in [0.2, 0.25) is 5.95 Å². The molecule has 0 aliphatic carbocycles. The second-order valence-electron chi connectivity index (χ2n) is 11.8. The zero-order valence-electron chi connectivity index (χ0n) is 29.5. The topological polar surface area (TPSA) is 282 Å². The maximum Gasteiger partial charge on any atom is 0.305 e. The molecule has 0 saturated heterocycles. The van der Waals surface area contributed by atoms with Crippen molar-refractivity contribution in [3.8, 4) is 0 Å². The van der Waals surface area contributed by atoms with Gasteiger partial charge in [0.1, 0.15) is 5.78 Å². The van der Waals surface area contributed by atoms with Gasteiger partial charge >= 0.3 is 5.97 Å². The van der Waals surface area contributed by atoms with E-state index < -0.39 is 29.4 Å². The summed E-state index contributed by atoms with van der Waals surface area (Å²) >= 11 is 0. The molecule has 3 heterocycles. The van der Waals surface area contributed by atoms with Crippen LogP contribution in [0, 0.1) is 5.92 Å². The molecule has 286 valence electrons. The second-order valence-corrected chi connectivity index (χ2v) is 11.8. The minimum atomic E-state index is -1.11. The van der Waals surface area contributed by atoms with E-state index >= 15 is 0 Å². The van der Waals surface area contributed by atoms with Crippen LogP contribution in [0.3, 0.4) is 0 Å². The monoisotopic (exact) mass is 745 g/mol. The molecule has 1 amide bonds. The molecule has 1 aromatic carbocycles. The Hall–Kier alpha value is -6.14. The fourth-order valence-corrected chi connectivity index (χ4v) is 5.25. The lowest BCUT2D eigenvalue weighted by Crippen LogP contribution is -2.37. The number of carboxylic acids is 1. The number of aliphatic carboxylic acids is 1. The number of nitrogens with zero attached hydrogens (tertiary/aromatic N) is 6. The maximum absolute atomic E-state index is 13.6. The Bertz CT molecular complexity index is 1920. The number of aromatic nitrogens is 4. The number of Topliss-reactive ketones (excluding diaryl/α,β-unsaturated/α-hetero) is 1. The summed E-state index contributed by atoms with van der Waals surface area (Å²) in [7, 11) is 0. The Labute approximate surface area is 309 Å². The predicted molar refractivity (Wildman–Crippen MR) is 198 cm³/mol. The van der Waals surface area contributed by atoms with Gasteiger partial charge in [-0.1, -0.05) is 17.3 Å². The van der Waals surface area contributed by atoms with Crippen LogP contribution in [0.15, 0.2) is 76.6 Å². The van der Waals surface area contributed by atoms with Gasteiger partial charge in [-0.2, -0.15) is 4.98 Å². The van der Waals surface area contributed by atoms with Gasteiger partial charge < -0.3 is 41.0 Å². The number of amides is 1. The number of nitrogens with two attached hydrogens (primary N) is 1. The molecule has 2 aromatic heterocycles. The van der Waals surface area contributed by atoms with Crippen LogP contribution in [0.5, 0.6) is 0 Å². The Kier molecular flexibility index (Phi) is 16.6. The SMILES string of the molecule is [N-]=[N+]=NCCOCCOCCOCCC(C(=O)CCC(CC(=O)O)NC(=O)c1ccc(NCc2cnc3nc(N)[nH]c(=O)c3n2)cc1)C1=CC=CC=CN1. The second kappa shape index (κ2) is 22.0. The molecule has 2 atom stereocenters. The van der Waals surface area contributed by atoms with Crippen LogP contribution in [0.2, 0.25) is 0 Å². The number of hydrogen-bond donors (Lipinski definition) is 6. The Balaban J connectivity index is 1.26. The van der Waals surface area contributed by atoms with Crippen molar-refractivity contribution in [2.24, 2.45) is 11.0 Å². The number of nitrogens with one attached hydrogen (secondary N) is 4. The van der Waals surface area contributed by atoms with Gasteiger partial charge in [-0.3, -0.25) is 24.2 Å². The number of H-pyrrole nitrogens is 1. The zero-order valence-corrected chi connectivity index (χ0v) is 29.5. The van der Waals surface area contributed by atoms with Crippen LogP contribution in [-0.4, -0.2) is 94.9 Å². The molecule has 3 aromatic rings. The number of ether oxygens (including phenoxy) is 3. The van der Waals surface area contributed by atoms with Gasteiger partial charge in [-0.05, 0) is 54.8 Å². The van der Waals surface area contributed by atoms with E-state index in [0.717, 1.165) is 0 Å². The van der Waals surface area contributed by atoms with E-state index in [1.54, 1.807) is 36.5 Å². The quantitative estimate of drug-likeness (QED) is 0.0333. The van der Waals surface area contributed by atoms with Crippen LogP contribution >= 0.6 is 0 Å². The number of rotatable bonds is 24. The number of benzene rings is 1. The summed E-state index contributed by atoms with van der Waals surface area (Å²) in [5.74, 6) is -2.33. The van der Waals surface area contributed by atoms with E-state index in [2.05, 4.69) is 45.9 Å². The molecule has 54 heavy (non-hydrogen) atoms. The average Bonchev–Trinajstić information content (AvgIpc) is 3.44. The van der Waals surface area contributed by atoms with Crippen LogP contribution < -0.4 is 27.2 Å². The van der Waals surface area contributed by atoms with Crippen molar-refractivity contribution in [2.45, 2.75) is 38.3 Å². The van der Waals surface area contributed by atoms with Gasteiger partial charge in [0.25, 0.3) is 11.5 Å². The van der Waals surface area contributed by atoms with E-state index in [9.17, 15) is 24.3 Å². The highest BCUT2D eigenvalue weighted by Gasteiger charge is 2.25. The normalized spacial score (nSPS) is 13.2. The molecule has 0 saturated carbocycles. The molecule has 0 radical (unpaired) electrons. The minimum Gasteiger partial charge on any atom is -0.481 e. The molecule has 2 unspecified atom stereocenters. The fourth-order valence-electron chi connectivity index (χ4n) is 5.25. The van der Waals surface area contributed by atoms with Crippen molar-refractivity contribution in [2.75, 3.05) is 57.2 Å². The number of aromatic amines is 1. The molecule has 1 aliphatic rings. The third kappa shape index (κ3) is 13.8. The molecule has 0 fully saturated rings. The van der Waals surface area contributed by atoms with Crippen molar-refractivity contribution in [1.29, 1.82) is 0 Å². The summed E-state index contributed by atoms with van der Waals surface area (Å²) in [5, 5.41) is 22.0. The minimum absolute atomic E-state index is 0.0218. The number of carbonyl (C=O) groups is 3. The van der Waals surface area contributed by atoms with Crippen molar-refractivity contribution in [3.63, 3.8) is 0 Å². The summed E-state index contributed by atoms with van der Waals surface area (Å²) in [6.07, 6.45) is 10.6. The summed E-state index contributed by atoms with van der Waals surface area (Å²) in [5.41, 5.74) is 15.6. The number of carbonyl (C=O) groups excluding carboxylic acids is 2. The number of carboxylic acid groups (broad SMARTS) is 1. The van der Waals surface area contributed by atoms with Gasteiger partial charge in [-0.25, -0.2) is 9.97 Å². The number of azide groups is 1. The first-order valence-corrected chi connectivity index (χ1v) is 17.2. The summed E-state index contributed by atoms with van der Waals surface area (Å²) in [6, 6.07) is 5.71. The summed E-state index contributed by atoms with van der Waals surface area (Å²) < 4.78 is 16.5. The lowest BCUT2D eigenvalue weighted by molar-refractivity contribution is -0.137. The van der Waals surface area contributed by atoms with Crippen LogP contribution in [0.4, 0.5) is 11.6 Å². The third-order valence-electron chi connectivity index (χ3n) is 7.90. The van der Waals surface area contributed by atoms with E-state index in [1.807, 2.05) is 18.2 Å². The molecule has 7 N–H and O–H groups in total. The lowest BCUT2D eigenvalue weighted by atomic mass is 9.91. The molecule has 0 spiro atoms.